The maximum atomic E-state index is 12.7. The van der Waals surface area contributed by atoms with Gasteiger partial charge in [0.15, 0.2) is 0 Å². The summed E-state index contributed by atoms with van der Waals surface area (Å²) >= 11 is 0. The lowest BCUT2D eigenvalue weighted by Crippen LogP contribution is -2.17. The van der Waals surface area contributed by atoms with Crippen LogP contribution in [0.1, 0.15) is 97.8 Å². The van der Waals surface area contributed by atoms with Crippen LogP contribution >= 0.6 is 7.82 Å². The molecular formula is C24H43O7P. The van der Waals surface area contributed by atoms with E-state index in [2.05, 4.69) is 13.8 Å². The number of carbonyl (C=O) groups is 1. The highest BCUT2D eigenvalue weighted by Gasteiger charge is 2.42. The Hall–Kier alpha value is -0.880. The van der Waals surface area contributed by atoms with Crippen LogP contribution < -0.4 is 0 Å². The van der Waals surface area contributed by atoms with E-state index >= 15 is 0 Å². The molecule has 1 fully saturated rings. The van der Waals surface area contributed by atoms with Gasteiger partial charge in [-0.3, -0.25) is 9.05 Å². The summed E-state index contributed by atoms with van der Waals surface area (Å²) in [5, 5.41) is 10.1. The van der Waals surface area contributed by atoms with Gasteiger partial charge in [0.05, 0.1) is 30.8 Å². The minimum absolute atomic E-state index is 0.103. The number of phosphoric acid groups is 1. The first kappa shape index (κ1) is 27.4. The molecule has 0 aromatic carbocycles. The first-order valence-electron chi connectivity index (χ1n) is 12.5. The summed E-state index contributed by atoms with van der Waals surface area (Å²) < 4.78 is 33.9. The number of aliphatic hydroxyl groups excluding tert-OH is 1. The van der Waals surface area contributed by atoms with E-state index in [-0.39, 0.29) is 31.0 Å². The van der Waals surface area contributed by atoms with Crippen LogP contribution in [0, 0.1) is 11.8 Å². The van der Waals surface area contributed by atoms with Crippen molar-refractivity contribution in [2.24, 2.45) is 11.8 Å². The molecule has 1 N–H and O–H groups in total. The summed E-state index contributed by atoms with van der Waals surface area (Å²) in [6, 6.07) is 0. The van der Waals surface area contributed by atoms with Crippen molar-refractivity contribution in [2.75, 3.05) is 19.8 Å². The second-order valence-corrected chi connectivity index (χ2v) is 10.8. The third kappa shape index (κ3) is 9.17. The fourth-order valence-corrected chi connectivity index (χ4v) is 5.58. The van der Waals surface area contributed by atoms with Gasteiger partial charge in [-0.15, -0.1) is 0 Å². The number of esters is 1. The molecule has 8 heteroatoms. The molecule has 7 nitrogen and oxygen atoms in total. The average Bonchev–Trinajstić information content (AvgIpc) is 3.08. The molecule has 0 spiro atoms. The molecule has 2 aliphatic rings. The molecular weight excluding hydrogens is 431 g/mol. The van der Waals surface area contributed by atoms with Crippen molar-refractivity contribution in [3.05, 3.63) is 11.3 Å². The Morgan fingerprint density at radius 2 is 1.69 bits per heavy atom. The summed E-state index contributed by atoms with van der Waals surface area (Å²) in [4.78, 5) is 11.8. The number of carbonyl (C=O) groups excluding carboxylic acids is 1. The summed E-state index contributed by atoms with van der Waals surface area (Å²) in [6.45, 7) is 6.58. The van der Waals surface area contributed by atoms with Crippen molar-refractivity contribution >= 4 is 13.8 Å². The molecule has 32 heavy (non-hydrogen) atoms. The van der Waals surface area contributed by atoms with E-state index in [4.69, 9.17) is 18.3 Å². The largest absolute Gasteiger partial charge is 0.529 e. The predicted octanol–water partition coefficient (Wildman–Crippen LogP) is 6.30. The lowest BCUT2D eigenvalue weighted by molar-refractivity contribution is -0.135. The number of allylic oxidation sites excluding steroid dienone is 1. The third-order valence-corrected chi connectivity index (χ3v) is 7.88. The Morgan fingerprint density at radius 3 is 2.38 bits per heavy atom. The topological polar surface area (TPSA) is 91.3 Å². The van der Waals surface area contributed by atoms with Crippen molar-refractivity contribution in [3.8, 4) is 0 Å². The van der Waals surface area contributed by atoms with Crippen molar-refractivity contribution in [1.29, 1.82) is 0 Å². The van der Waals surface area contributed by atoms with Crippen LogP contribution in [0.15, 0.2) is 11.3 Å². The van der Waals surface area contributed by atoms with Crippen LogP contribution in [0.2, 0.25) is 0 Å². The summed E-state index contributed by atoms with van der Waals surface area (Å²) in [5.41, 5.74) is 0.411. The first-order chi connectivity index (χ1) is 15.4. The Labute approximate surface area is 193 Å². The van der Waals surface area contributed by atoms with Gasteiger partial charge in [0.2, 0.25) is 0 Å². The number of ether oxygens (including phenoxy) is 1. The van der Waals surface area contributed by atoms with E-state index < -0.39 is 13.8 Å². The maximum Gasteiger partial charge on any atom is 0.529 e. The van der Waals surface area contributed by atoms with E-state index in [9.17, 15) is 14.5 Å². The minimum atomic E-state index is -3.67. The Bertz CT molecular complexity index is 648. The van der Waals surface area contributed by atoms with Gasteiger partial charge in [-0.25, -0.2) is 9.36 Å². The van der Waals surface area contributed by atoms with Gasteiger partial charge in [-0.1, -0.05) is 71.6 Å². The number of hydrogen-bond donors (Lipinski definition) is 1. The van der Waals surface area contributed by atoms with Crippen molar-refractivity contribution in [3.63, 3.8) is 0 Å². The van der Waals surface area contributed by atoms with Crippen molar-refractivity contribution < 1.29 is 32.8 Å². The van der Waals surface area contributed by atoms with Crippen LogP contribution in [-0.4, -0.2) is 37.0 Å². The Balaban J connectivity index is 1.47. The van der Waals surface area contributed by atoms with Crippen molar-refractivity contribution in [1.82, 2.24) is 0 Å². The molecule has 0 saturated carbocycles. The highest BCUT2D eigenvalue weighted by molar-refractivity contribution is 7.48. The molecule has 0 radical (unpaired) electrons. The molecule has 1 saturated heterocycles. The highest BCUT2D eigenvalue weighted by atomic mass is 31.2. The zero-order valence-electron chi connectivity index (χ0n) is 20.2. The number of hydrogen-bond acceptors (Lipinski definition) is 7. The molecule has 186 valence electrons. The van der Waals surface area contributed by atoms with E-state index in [1.807, 2.05) is 0 Å². The number of rotatable bonds is 16. The SMILES string of the molecule is CCCCC(O)C(C)CCCCCCCCCCOP1(=O)OCC2COC(=O)C2=C(C)O1. The smallest absolute Gasteiger partial charge is 0.461 e. The van der Waals surface area contributed by atoms with Crippen LogP contribution in [0.3, 0.4) is 0 Å². The zero-order valence-corrected chi connectivity index (χ0v) is 21.1. The van der Waals surface area contributed by atoms with Gasteiger partial charge >= 0.3 is 13.8 Å². The van der Waals surface area contributed by atoms with Crippen LogP contribution in [-0.2, 0) is 27.7 Å². The average molecular weight is 475 g/mol. The number of unbranched alkanes of at least 4 members (excludes halogenated alkanes) is 8. The maximum absolute atomic E-state index is 12.7. The molecule has 2 rings (SSSR count). The van der Waals surface area contributed by atoms with Crippen LogP contribution in [0.25, 0.3) is 0 Å². The first-order valence-corrected chi connectivity index (χ1v) is 14.0. The predicted molar refractivity (Wildman–Crippen MR) is 124 cm³/mol. The quantitative estimate of drug-likeness (QED) is 0.159. The number of aliphatic hydroxyl groups is 1. The lowest BCUT2D eigenvalue weighted by atomic mass is 9.93. The van der Waals surface area contributed by atoms with E-state index in [0.29, 0.717) is 18.1 Å². The highest BCUT2D eigenvalue weighted by Crippen LogP contribution is 2.55. The molecule has 0 amide bonds. The number of fused-ring (bicyclic) bond motifs is 1. The second kappa shape index (κ2) is 14.4. The van der Waals surface area contributed by atoms with Gasteiger partial charge < -0.3 is 14.4 Å². The fourth-order valence-electron chi connectivity index (χ4n) is 4.25. The van der Waals surface area contributed by atoms with Gasteiger partial charge in [-0.05, 0) is 32.1 Å². The third-order valence-electron chi connectivity index (χ3n) is 6.42. The Kier molecular flexibility index (Phi) is 12.3. The van der Waals surface area contributed by atoms with E-state index in [1.165, 1.54) is 32.1 Å². The molecule has 2 heterocycles. The summed E-state index contributed by atoms with van der Waals surface area (Å²) in [7, 11) is -3.67. The molecule has 4 atom stereocenters. The minimum Gasteiger partial charge on any atom is -0.461 e. The van der Waals surface area contributed by atoms with Gasteiger partial charge in [0, 0.05) is 0 Å². The summed E-state index contributed by atoms with van der Waals surface area (Å²) in [5.74, 6) is 0.0200. The molecule has 2 aliphatic heterocycles. The molecule has 4 unspecified atom stereocenters. The van der Waals surface area contributed by atoms with Crippen molar-refractivity contribution in [2.45, 2.75) is 104 Å². The molecule has 0 aromatic heterocycles. The normalized spacial score (nSPS) is 25.1. The lowest BCUT2D eigenvalue weighted by Gasteiger charge is -2.18. The number of cyclic esters (lactones) is 1. The van der Waals surface area contributed by atoms with Gasteiger partial charge in [-0.2, -0.15) is 0 Å². The van der Waals surface area contributed by atoms with Gasteiger partial charge in [0.1, 0.15) is 12.4 Å². The molecule has 0 aliphatic carbocycles. The summed E-state index contributed by atoms with van der Waals surface area (Å²) in [6.07, 6.45) is 13.2. The van der Waals surface area contributed by atoms with Crippen LogP contribution in [0.5, 0.6) is 0 Å². The standard InChI is InChI=1S/C24H43O7P/c1-4-5-15-22(25)19(2)14-12-10-8-6-7-9-11-13-16-29-32(27)30-18-21-17-28-24(26)23(21)20(3)31-32/h19,21-22,25H,4-18H2,1-3H3. The molecule has 0 bridgehead atoms. The fraction of sp³-hybridized carbons (Fsp3) is 0.875. The second-order valence-electron chi connectivity index (χ2n) is 9.24. The number of phosphoric ester groups is 1. The zero-order chi connectivity index (χ0) is 23.4. The molecule has 0 aromatic rings. The van der Waals surface area contributed by atoms with E-state index in [1.54, 1.807) is 6.92 Å². The van der Waals surface area contributed by atoms with Crippen LogP contribution in [0.4, 0.5) is 0 Å². The Morgan fingerprint density at radius 1 is 1.03 bits per heavy atom. The van der Waals surface area contributed by atoms with E-state index in [0.717, 1.165) is 44.9 Å². The monoisotopic (exact) mass is 474 g/mol. The van der Waals surface area contributed by atoms with Gasteiger partial charge in [0.25, 0.3) is 0 Å².